The highest BCUT2D eigenvalue weighted by molar-refractivity contribution is 5.84. The Morgan fingerprint density at radius 2 is 1.86 bits per heavy atom. The first-order chi connectivity index (χ1) is 10.1. The molecule has 0 radical (unpaired) electrons. The second-order valence-electron chi connectivity index (χ2n) is 5.77. The Balaban J connectivity index is 2.11. The molecule has 5 heteroatoms. The second-order valence-corrected chi connectivity index (χ2v) is 5.77. The molecule has 0 bridgehead atoms. The molecule has 1 aromatic rings. The van der Waals surface area contributed by atoms with Crippen molar-refractivity contribution in [3.05, 3.63) is 35.9 Å². The zero-order valence-corrected chi connectivity index (χ0v) is 12.3. The summed E-state index contributed by atoms with van der Waals surface area (Å²) in [6.07, 6.45) is 2.89. The van der Waals surface area contributed by atoms with E-state index in [-0.39, 0.29) is 12.3 Å². The standard InChI is InChI=1S/C16H23N3O2/c17-12-16(8-4-9-16)15(21)19(10-7-14(18)20)11-13-5-2-1-3-6-13/h1-3,5-6H,4,7-12,17H2,(H2,18,20). The third kappa shape index (κ3) is 3.61. The van der Waals surface area contributed by atoms with Crippen molar-refractivity contribution in [3.8, 4) is 0 Å². The fraction of sp³-hybridized carbons (Fsp3) is 0.500. The van der Waals surface area contributed by atoms with Gasteiger partial charge in [0.25, 0.3) is 0 Å². The van der Waals surface area contributed by atoms with Crippen LogP contribution in [0.5, 0.6) is 0 Å². The molecule has 2 amide bonds. The van der Waals surface area contributed by atoms with Gasteiger partial charge in [0.05, 0.1) is 5.41 Å². The molecule has 0 unspecified atom stereocenters. The molecular weight excluding hydrogens is 266 g/mol. The van der Waals surface area contributed by atoms with E-state index in [0.29, 0.717) is 19.6 Å². The number of primary amides is 1. The van der Waals surface area contributed by atoms with Gasteiger partial charge in [-0.25, -0.2) is 0 Å². The quantitative estimate of drug-likeness (QED) is 0.785. The first-order valence-corrected chi connectivity index (χ1v) is 7.39. The molecule has 0 heterocycles. The van der Waals surface area contributed by atoms with Crippen LogP contribution in [-0.2, 0) is 16.1 Å². The molecule has 0 aromatic heterocycles. The predicted molar refractivity (Wildman–Crippen MR) is 81.0 cm³/mol. The third-order valence-electron chi connectivity index (χ3n) is 4.29. The Morgan fingerprint density at radius 3 is 2.33 bits per heavy atom. The number of rotatable bonds is 7. The smallest absolute Gasteiger partial charge is 0.230 e. The van der Waals surface area contributed by atoms with Gasteiger partial charge in [0, 0.05) is 26.1 Å². The first-order valence-electron chi connectivity index (χ1n) is 7.39. The molecule has 1 aromatic carbocycles. The molecule has 1 aliphatic rings. The maximum atomic E-state index is 12.8. The lowest BCUT2D eigenvalue weighted by Crippen LogP contribution is -2.52. The maximum Gasteiger partial charge on any atom is 0.230 e. The molecule has 4 N–H and O–H groups in total. The summed E-state index contributed by atoms with van der Waals surface area (Å²) in [7, 11) is 0. The van der Waals surface area contributed by atoms with Crippen molar-refractivity contribution < 1.29 is 9.59 Å². The van der Waals surface area contributed by atoms with Gasteiger partial charge in [0.15, 0.2) is 0 Å². The summed E-state index contributed by atoms with van der Waals surface area (Å²) < 4.78 is 0. The predicted octanol–water partition coefficient (Wildman–Crippen LogP) is 1.02. The Morgan fingerprint density at radius 1 is 1.19 bits per heavy atom. The van der Waals surface area contributed by atoms with Crippen molar-refractivity contribution >= 4 is 11.8 Å². The number of hydrogen-bond acceptors (Lipinski definition) is 3. The van der Waals surface area contributed by atoms with Crippen molar-refractivity contribution in [2.45, 2.75) is 32.2 Å². The summed E-state index contributed by atoms with van der Waals surface area (Å²) in [5.74, 6) is -0.336. The molecule has 0 saturated heterocycles. The fourth-order valence-corrected chi connectivity index (χ4v) is 2.75. The van der Waals surface area contributed by atoms with Gasteiger partial charge in [-0.2, -0.15) is 0 Å². The van der Waals surface area contributed by atoms with E-state index >= 15 is 0 Å². The number of nitrogens with zero attached hydrogens (tertiary/aromatic N) is 1. The van der Waals surface area contributed by atoms with Crippen LogP contribution in [0.3, 0.4) is 0 Å². The Hall–Kier alpha value is -1.88. The molecule has 1 fully saturated rings. The summed E-state index contributed by atoms with van der Waals surface area (Å²) in [5, 5.41) is 0. The van der Waals surface area contributed by atoms with E-state index in [0.717, 1.165) is 24.8 Å². The molecule has 5 nitrogen and oxygen atoms in total. The van der Waals surface area contributed by atoms with E-state index < -0.39 is 11.3 Å². The van der Waals surface area contributed by atoms with Gasteiger partial charge < -0.3 is 16.4 Å². The van der Waals surface area contributed by atoms with Gasteiger partial charge in [-0.3, -0.25) is 9.59 Å². The number of benzene rings is 1. The van der Waals surface area contributed by atoms with E-state index in [4.69, 9.17) is 11.5 Å². The third-order valence-corrected chi connectivity index (χ3v) is 4.29. The number of hydrogen-bond donors (Lipinski definition) is 2. The molecule has 114 valence electrons. The number of carbonyl (C=O) groups excluding carboxylic acids is 2. The maximum absolute atomic E-state index is 12.8. The van der Waals surface area contributed by atoms with Crippen LogP contribution in [0.15, 0.2) is 30.3 Å². The van der Waals surface area contributed by atoms with Crippen LogP contribution in [0.2, 0.25) is 0 Å². The molecule has 0 aliphatic heterocycles. The van der Waals surface area contributed by atoms with Gasteiger partial charge in [-0.1, -0.05) is 36.8 Å². The Labute approximate surface area is 125 Å². The molecule has 2 rings (SSSR count). The van der Waals surface area contributed by atoms with E-state index in [9.17, 15) is 9.59 Å². The van der Waals surface area contributed by atoms with Crippen LogP contribution in [0.1, 0.15) is 31.2 Å². The zero-order valence-electron chi connectivity index (χ0n) is 12.3. The van der Waals surface area contributed by atoms with Gasteiger partial charge in [0.1, 0.15) is 0 Å². The first kappa shape index (κ1) is 15.5. The van der Waals surface area contributed by atoms with E-state index in [1.54, 1.807) is 4.90 Å². The van der Waals surface area contributed by atoms with Gasteiger partial charge in [-0.05, 0) is 18.4 Å². The largest absolute Gasteiger partial charge is 0.370 e. The summed E-state index contributed by atoms with van der Waals surface area (Å²) in [6.45, 7) is 1.22. The van der Waals surface area contributed by atoms with Crippen molar-refractivity contribution in [3.63, 3.8) is 0 Å². The molecule has 0 spiro atoms. The highest BCUT2D eigenvalue weighted by Gasteiger charge is 2.45. The summed E-state index contributed by atoms with van der Waals surface area (Å²) in [5.41, 5.74) is 11.7. The molecule has 1 saturated carbocycles. The van der Waals surface area contributed by atoms with Crippen LogP contribution in [0.25, 0.3) is 0 Å². The SMILES string of the molecule is NCC1(C(=O)N(CCC(N)=O)Cc2ccccc2)CCC1. The highest BCUT2D eigenvalue weighted by atomic mass is 16.2. The van der Waals surface area contributed by atoms with E-state index in [2.05, 4.69) is 0 Å². The minimum atomic E-state index is -0.424. The zero-order chi connectivity index (χ0) is 15.3. The second kappa shape index (κ2) is 6.72. The molecule has 0 atom stereocenters. The van der Waals surface area contributed by atoms with Crippen LogP contribution in [0.4, 0.5) is 0 Å². The lowest BCUT2D eigenvalue weighted by Gasteiger charge is -2.42. The Kier molecular flexibility index (Phi) is 4.96. The van der Waals surface area contributed by atoms with E-state index in [1.165, 1.54) is 0 Å². The van der Waals surface area contributed by atoms with Crippen molar-refractivity contribution in [2.24, 2.45) is 16.9 Å². The van der Waals surface area contributed by atoms with E-state index in [1.807, 2.05) is 30.3 Å². The van der Waals surface area contributed by atoms with Crippen LogP contribution >= 0.6 is 0 Å². The normalized spacial score (nSPS) is 16.0. The molecular formula is C16H23N3O2. The van der Waals surface area contributed by atoms with Crippen LogP contribution in [-0.4, -0.2) is 29.8 Å². The summed E-state index contributed by atoms with van der Waals surface area (Å²) in [6, 6.07) is 9.76. The minimum absolute atomic E-state index is 0.0568. The van der Waals surface area contributed by atoms with Gasteiger partial charge >= 0.3 is 0 Å². The van der Waals surface area contributed by atoms with Crippen molar-refractivity contribution in [1.29, 1.82) is 0 Å². The Bertz CT molecular complexity index is 492. The lowest BCUT2D eigenvalue weighted by molar-refractivity contribution is -0.147. The lowest BCUT2D eigenvalue weighted by atomic mass is 9.67. The van der Waals surface area contributed by atoms with Crippen LogP contribution in [0, 0.1) is 5.41 Å². The monoisotopic (exact) mass is 289 g/mol. The average molecular weight is 289 g/mol. The van der Waals surface area contributed by atoms with Crippen molar-refractivity contribution in [2.75, 3.05) is 13.1 Å². The number of carbonyl (C=O) groups is 2. The van der Waals surface area contributed by atoms with Gasteiger partial charge in [0.2, 0.25) is 11.8 Å². The summed E-state index contributed by atoms with van der Waals surface area (Å²) >= 11 is 0. The summed E-state index contributed by atoms with van der Waals surface area (Å²) in [4.78, 5) is 25.6. The molecule has 21 heavy (non-hydrogen) atoms. The van der Waals surface area contributed by atoms with Crippen LogP contribution < -0.4 is 11.5 Å². The molecule has 1 aliphatic carbocycles. The number of amides is 2. The fourth-order valence-electron chi connectivity index (χ4n) is 2.75. The van der Waals surface area contributed by atoms with Crippen molar-refractivity contribution in [1.82, 2.24) is 4.90 Å². The highest BCUT2D eigenvalue weighted by Crippen LogP contribution is 2.41. The number of nitrogens with two attached hydrogens (primary N) is 2. The van der Waals surface area contributed by atoms with Gasteiger partial charge in [-0.15, -0.1) is 0 Å². The average Bonchev–Trinajstić information content (AvgIpc) is 2.43. The topological polar surface area (TPSA) is 89.4 Å². The minimum Gasteiger partial charge on any atom is -0.370 e.